The number of nitrogens with zero attached hydrogens (tertiary/aromatic N) is 1. The molecule has 1 aromatic rings. The molecule has 1 amide bonds. The molecule has 0 saturated carbocycles. The maximum atomic E-state index is 12.7. The smallest absolute Gasteiger partial charge is 0.236 e. The Labute approximate surface area is 113 Å². The van der Waals surface area contributed by atoms with Gasteiger partial charge in [0.1, 0.15) is 5.82 Å². The van der Waals surface area contributed by atoms with E-state index in [0.717, 1.165) is 31.5 Å². The first-order valence-electron chi connectivity index (χ1n) is 6.98. The normalized spacial score (nSPS) is 16.2. The average molecular weight is 264 g/mol. The van der Waals surface area contributed by atoms with Crippen LogP contribution in [0.2, 0.25) is 0 Å². The second kappa shape index (κ2) is 7.24. The summed E-state index contributed by atoms with van der Waals surface area (Å²) in [5.41, 5.74) is 0.991. The summed E-state index contributed by atoms with van der Waals surface area (Å²) in [6, 6.07) is 6.35. The van der Waals surface area contributed by atoms with Gasteiger partial charge in [0, 0.05) is 19.6 Å². The fourth-order valence-corrected chi connectivity index (χ4v) is 2.35. The summed E-state index contributed by atoms with van der Waals surface area (Å²) in [5.74, 6) is -0.0617. The van der Waals surface area contributed by atoms with Gasteiger partial charge in [0.15, 0.2) is 0 Å². The fourth-order valence-electron chi connectivity index (χ4n) is 2.35. The highest BCUT2D eigenvalue weighted by atomic mass is 19.1. The monoisotopic (exact) mass is 264 g/mol. The van der Waals surface area contributed by atoms with Crippen LogP contribution in [0.4, 0.5) is 4.39 Å². The molecule has 1 saturated heterocycles. The van der Waals surface area contributed by atoms with Gasteiger partial charge in [0.05, 0.1) is 6.54 Å². The van der Waals surface area contributed by atoms with E-state index in [1.807, 2.05) is 4.90 Å². The van der Waals surface area contributed by atoms with Crippen molar-refractivity contribution in [1.29, 1.82) is 0 Å². The molecule has 0 radical (unpaired) electrons. The molecule has 19 heavy (non-hydrogen) atoms. The van der Waals surface area contributed by atoms with E-state index in [4.69, 9.17) is 0 Å². The first kappa shape index (κ1) is 14.0. The molecule has 0 bridgehead atoms. The molecule has 0 unspecified atom stereocenters. The van der Waals surface area contributed by atoms with Gasteiger partial charge in [-0.3, -0.25) is 4.79 Å². The lowest BCUT2D eigenvalue weighted by Gasteiger charge is -2.20. The number of likely N-dealkylation sites (tertiary alicyclic amines) is 1. The number of hydrogen-bond donors (Lipinski definition) is 1. The van der Waals surface area contributed by atoms with E-state index in [-0.39, 0.29) is 11.7 Å². The number of halogens is 1. The van der Waals surface area contributed by atoms with Gasteiger partial charge in [-0.15, -0.1) is 0 Å². The lowest BCUT2D eigenvalue weighted by molar-refractivity contribution is -0.130. The van der Waals surface area contributed by atoms with Crippen LogP contribution in [-0.2, 0) is 11.3 Å². The maximum absolute atomic E-state index is 12.7. The van der Waals surface area contributed by atoms with E-state index in [1.54, 1.807) is 12.1 Å². The molecule has 0 aliphatic carbocycles. The third-order valence-corrected chi connectivity index (χ3v) is 3.48. The lowest BCUT2D eigenvalue weighted by Crippen LogP contribution is -2.38. The van der Waals surface area contributed by atoms with Gasteiger partial charge >= 0.3 is 0 Å². The number of rotatable bonds is 4. The third kappa shape index (κ3) is 4.63. The summed E-state index contributed by atoms with van der Waals surface area (Å²) >= 11 is 0. The highest BCUT2D eigenvalue weighted by Gasteiger charge is 2.14. The molecule has 3 nitrogen and oxygen atoms in total. The number of amides is 1. The minimum atomic E-state index is -0.232. The largest absolute Gasteiger partial charge is 0.342 e. The topological polar surface area (TPSA) is 32.3 Å². The Kier molecular flexibility index (Phi) is 5.33. The number of carbonyl (C=O) groups excluding carboxylic acids is 1. The molecule has 0 spiro atoms. The van der Waals surface area contributed by atoms with Crippen molar-refractivity contribution < 1.29 is 9.18 Å². The Bertz CT molecular complexity index is 397. The zero-order chi connectivity index (χ0) is 13.5. The molecule has 1 heterocycles. The van der Waals surface area contributed by atoms with E-state index in [1.165, 1.54) is 25.0 Å². The van der Waals surface area contributed by atoms with Crippen LogP contribution in [-0.4, -0.2) is 30.4 Å². The SMILES string of the molecule is O=C(CNCc1ccc(F)cc1)N1CCCCCC1. The van der Waals surface area contributed by atoms with Crippen molar-refractivity contribution in [1.82, 2.24) is 10.2 Å². The van der Waals surface area contributed by atoms with Crippen molar-refractivity contribution in [2.24, 2.45) is 0 Å². The van der Waals surface area contributed by atoms with Gasteiger partial charge in [0.2, 0.25) is 5.91 Å². The molecule has 1 fully saturated rings. The molecule has 104 valence electrons. The van der Waals surface area contributed by atoms with Crippen molar-refractivity contribution in [2.45, 2.75) is 32.2 Å². The van der Waals surface area contributed by atoms with Crippen LogP contribution >= 0.6 is 0 Å². The molecule has 1 N–H and O–H groups in total. The maximum Gasteiger partial charge on any atom is 0.236 e. The highest BCUT2D eigenvalue weighted by Crippen LogP contribution is 2.09. The molecule has 1 aromatic carbocycles. The molecule has 1 aliphatic heterocycles. The molecule has 4 heteroatoms. The van der Waals surface area contributed by atoms with E-state index < -0.39 is 0 Å². The van der Waals surface area contributed by atoms with Crippen LogP contribution in [0.25, 0.3) is 0 Å². The Morgan fingerprint density at radius 2 is 1.74 bits per heavy atom. The molecular weight excluding hydrogens is 243 g/mol. The van der Waals surface area contributed by atoms with Crippen molar-refractivity contribution in [3.05, 3.63) is 35.6 Å². The van der Waals surface area contributed by atoms with Crippen LogP contribution < -0.4 is 5.32 Å². The number of benzene rings is 1. The van der Waals surface area contributed by atoms with Crippen LogP contribution in [0.1, 0.15) is 31.2 Å². The second-order valence-electron chi connectivity index (χ2n) is 5.03. The number of hydrogen-bond acceptors (Lipinski definition) is 2. The molecule has 2 rings (SSSR count). The minimum absolute atomic E-state index is 0.170. The molecular formula is C15H21FN2O. The van der Waals surface area contributed by atoms with Gasteiger partial charge in [-0.05, 0) is 30.5 Å². The lowest BCUT2D eigenvalue weighted by atomic mass is 10.2. The van der Waals surface area contributed by atoms with Gasteiger partial charge in [-0.25, -0.2) is 4.39 Å². The summed E-state index contributed by atoms with van der Waals surface area (Å²) in [6.45, 7) is 2.73. The van der Waals surface area contributed by atoms with Crippen LogP contribution in [0, 0.1) is 5.82 Å². The first-order valence-corrected chi connectivity index (χ1v) is 6.98. The third-order valence-electron chi connectivity index (χ3n) is 3.48. The molecule has 0 aromatic heterocycles. The highest BCUT2D eigenvalue weighted by molar-refractivity contribution is 5.78. The van der Waals surface area contributed by atoms with Gasteiger partial charge in [-0.1, -0.05) is 25.0 Å². The number of nitrogens with one attached hydrogen (secondary N) is 1. The van der Waals surface area contributed by atoms with E-state index in [2.05, 4.69) is 5.32 Å². The van der Waals surface area contributed by atoms with Crippen molar-refractivity contribution >= 4 is 5.91 Å². The van der Waals surface area contributed by atoms with E-state index in [9.17, 15) is 9.18 Å². The van der Waals surface area contributed by atoms with Crippen molar-refractivity contribution in [2.75, 3.05) is 19.6 Å². The average Bonchev–Trinajstić information content (AvgIpc) is 2.70. The van der Waals surface area contributed by atoms with E-state index >= 15 is 0 Å². The summed E-state index contributed by atoms with van der Waals surface area (Å²) in [7, 11) is 0. The van der Waals surface area contributed by atoms with Gasteiger partial charge in [-0.2, -0.15) is 0 Å². The van der Waals surface area contributed by atoms with Crippen LogP contribution in [0.3, 0.4) is 0 Å². The standard InChI is InChI=1S/C15H21FN2O/c16-14-7-5-13(6-8-14)11-17-12-15(19)18-9-3-1-2-4-10-18/h5-8,17H,1-4,9-12H2. The van der Waals surface area contributed by atoms with Crippen LogP contribution in [0.5, 0.6) is 0 Å². The Morgan fingerprint density at radius 1 is 1.11 bits per heavy atom. The molecule has 1 aliphatic rings. The quantitative estimate of drug-likeness (QED) is 0.905. The zero-order valence-electron chi connectivity index (χ0n) is 11.2. The Morgan fingerprint density at radius 3 is 2.37 bits per heavy atom. The predicted molar refractivity (Wildman–Crippen MR) is 73.2 cm³/mol. The van der Waals surface area contributed by atoms with E-state index in [0.29, 0.717) is 13.1 Å². The zero-order valence-corrected chi connectivity index (χ0v) is 11.2. The van der Waals surface area contributed by atoms with Crippen molar-refractivity contribution in [3.63, 3.8) is 0 Å². The minimum Gasteiger partial charge on any atom is -0.342 e. The number of carbonyl (C=O) groups is 1. The van der Waals surface area contributed by atoms with Crippen molar-refractivity contribution in [3.8, 4) is 0 Å². The summed E-state index contributed by atoms with van der Waals surface area (Å²) in [5, 5.41) is 3.12. The fraction of sp³-hybridized carbons (Fsp3) is 0.533. The Balaban J connectivity index is 1.72. The first-order chi connectivity index (χ1) is 9.25. The summed E-state index contributed by atoms with van der Waals surface area (Å²) in [6.07, 6.45) is 4.69. The summed E-state index contributed by atoms with van der Waals surface area (Å²) in [4.78, 5) is 13.9. The van der Waals surface area contributed by atoms with Gasteiger partial charge in [0.25, 0.3) is 0 Å². The van der Waals surface area contributed by atoms with Gasteiger partial charge < -0.3 is 10.2 Å². The Hall–Kier alpha value is -1.42. The predicted octanol–water partition coefficient (Wildman–Crippen LogP) is 2.32. The molecule has 0 atom stereocenters. The van der Waals surface area contributed by atoms with Crippen LogP contribution in [0.15, 0.2) is 24.3 Å². The summed E-state index contributed by atoms with van der Waals surface area (Å²) < 4.78 is 12.7. The second-order valence-corrected chi connectivity index (χ2v) is 5.03.